The molecule has 1 saturated heterocycles. The summed E-state index contributed by atoms with van der Waals surface area (Å²) in [6.07, 6.45) is 4.12. The second-order valence-electron chi connectivity index (χ2n) is 6.94. The minimum Gasteiger partial charge on any atom is -0.480 e. The second kappa shape index (κ2) is 7.66. The Kier molecular flexibility index (Phi) is 5.34. The predicted octanol–water partition coefficient (Wildman–Crippen LogP) is 2.83. The summed E-state index contributed by atoms with van der Waals surface area (Å²) in [7, 11) is 0. The highest BCUT2D eigenvalue weighted by Crippen LogP contribution is 2.22. The van der Waals surface area contributed by atoms with Crippen molar-refractivity contribution in [3.05, 3.63) is 58.5 Å². The quantitative estimate of drug-likeness (QED) is 0.909. The average molecular weight is 340 g/mol. The molecular weight excluding hydrogens is 316 g/mol. The highest BCUT2D eigenvalue weighted by molar-refractivity contribution is 5.67. The van der Waals surface area contributed by atoms with E-state index in [1.807, 2.05) is 12.1 Å². The molecule has 0 radical (unpaired) electrons. The van der Waals surface area contributed by atoms with E-state index in [0.29, 0.717) is 0 Å². The zero-order valence-corrected chi connectivity index (χ0v) is 14.5. The number of likely N-dealkylation sites (tertiary alicyclic amines) is 1. The first-order valence-electron chi connectivity index (χ1n) is 8.75. The third-order valence-electron chi connectivity index (χ3n) is 4.83. The number of aromatic nitrogens is 1. The van der Waals surface area contributed by atoms with Gasteiger partial charge in [0.05, 0.1) is 0 Å². The van der Waals surface area contributed by atoms with Gasteiger partial charge in [-0.2, -0.15) is 0 Å². The number of benzene rings is 1. The number of piperidine rings is 1. The number of carboxylic acid groups (broad SMARTS) is 1. The molecule has 0 saturated carbocycles. The Hall–Kier alpha value is -2.40. The lowest BCUT2D eigenvalue weighted by molar-refractivity contribution is -0.137. The number of carbonyl (C=O) groups is 1. The molecule has 3 rings (SSSR count). The van der Waals surface area contributed by atoms with Crippen molar-refractivity contribution in [2.24, 2.45) is 5.92 Å². The molecule has 0 unspecified atom stereocenters. The SMILES string of the molecule is CC1CCN(Cc2cccc(-c3ccc(=O)n(CC(=O)O)c3)c2)CC1. The second-order valence-corrected chi connectivity index (χ2v) is 6.94. The molecule has 1 aliphatic heterocycles. The minimum absolute atomic E-state index is 0.301. The standard InChI is InChI=1S/C20H24N2O3/c1-15-7-9-21(10-8-15)12-16-3-2-4-17(11-16)18-5-6-19(23)22(13-18)14-20(24)25/h2-6,11,13,15H,7-10,12,14H2,1H3,(H,24,25). The molecule has 1 N–H and O–H groups in total. The summed E-state index contributed by atoms with van der Waals surface area (Å²) in [5.41, 5.74) is 2.80. The number of nitrogens with zero attached hydrogens (tertiary/aromatic N) is 2. The van der Waals surface area contributed by atoms with Crippen molar-refractivity contribution in [2.75, 3.05) is 13.1 Å². The first-order valence-corrected chi connectivity index (χ1v) is 8.75. The van der Waals surface area contributed by atoms with E-state index in [4.69, 9.17) is 5.11 Å². The van der Waals surface area contributed by atoms with Gasteiger partial charge in [-0.3, -0.25) is 14.5 Å². The Labute approximate surface area is 147 Å². The van der Waals surface area contributed by atoms with E-state index in [1.165, 1.54) is 29.0 Å². The molecule has 0 aliphatic carbocycles. The molecule has 2 heterocycles. The Morgan fingerprint density at radius 2 is 1.92 bits per heavy atom. The van der Waals surface area contributed by atoms with Crippen LogP contribution in [0.3, 0.4) is 0 Å². The van der Waals surface area contributed by atoms with Crippen LogP contribution in [0.15, 0.2) is 47.4 Å². The van der Waals surface area contributed by atoms with Crippen LogP contribution in [-0.2, 0) is 17.9 Å². The zero-order chi connectivity index (χ0) is 17.8. The molecular formula is C20H24N2O3. The molecule has 5 nitrogen and oxygen atoms in total. The lowest BCUT2D eigenvalue weighted by Gasteiger charge is -2.30. The molecule has 2 aromatic rings. The fourth-order valence-corrected chi connectivity index (χ4v) is 3.30. The van der Waals surface area contributed by atoms with Gasteiger partial charge in [-0.25, -0.2) is 0 Å². The minimum atomic E-state index is -1.02. The molecule has 0 spiro atoms. The summed E-state index contributed by atoms with van der Waals surface area (Å²) in [6, 6.07) is 11.4. The highest BCUT2D eigenvalue weighted by atomic mass is 16.4. The molecule has 0 amide bonds. The van der Waals surface area contributed by atoms with E-state index in [9.17, 15) is 9.59 Å². The summed E-state index contributed by atoms with van der Waals surface area (Å²) in [5, 5.41) is 8.93. The van der Waals surface area contributed by atoms with Crippen molar-refractivity contribution >= 4 is 5.97 Å². The predicted molar refractivity (Wildman–Crippen MR) is 97.4 cm³/mol. The number of hydrogen-bond donors (Lipinski definition) is 1. The van der Waals surface area contributed by atoms with Crippen molar-refractivity contribution in [3.8, 4) is 11.1 Å². The molecule has 5 heteroatoms. The van der Waals surface area contributed by atoms with Crippen LogP contribution in [0.2, 0.25) is 0 Å². The Bertz CT molecular complexity index is 805. The molecule has 1 aliphatic rings. The van der Waals surface area contributed by atoms with Crippen molar-refractivity contribution in [2.45, 2.75) is 32.9 Å². The van der Waals surface area contributed by atoms with Gasteiger partial charge in [0.15, 0.2) is 0 Å². The largest absolute Gasteiger partial charge is 0.480 e. The van der Waals surface area contributed by atoms with E-state index in [0.717, 1.165) is 36.7 Å². The van der Waals surface area contributed by atoms with Crippen LogP contribution in [0.5, 0.6) is 0 Å². The summed E-state index contributed by atoms with van der Waals surface area (Å²) in [5.74, 6) is -0.204. The van der Waals surface area contributed by atoms with Crippen LogP contribution in [0.4, 0.5) is 0 Å². The Balaban J connectivity index is 1.79. The van der Waals surface area contributed by atoms with Gasteiger partial charge in [0.2, 0.25) is 0 Å². The van der Waals surface area contributed by atoms with E-state index in [2.05, 4.69) is 24.0 Å². The van der Waals surface area contributed by atoms with Gasteiger partial charge in [-0.15, -0.1) is 0 Å². The van der Waals surface area contributed by atoms with Gasteiger partial charge < -0.3 is 9.67 Å². The van der Waals surface area contributed by atoms with Crippen molar-refractivity contribution in [1.29, 1.82) is 0 Å². The molecule has 0 atom stereocenters. The van der Waals surface area contributed by atoms with Gasteiger partial charge in [0.1, 0.15) is 6.54 Å². The number of rotatable bonds is 5. The number of carboxylic acids is 1. The van der Waals surface area contributed by atoms with Gasteiger partial charge >= 0.3 is 5.97 Å². The van der Waals surface area contributed by atoms with Gasteiger partial charge in [-0.05, 0) is 60.7 Å². The Morgan fingerprint density at radius 1 is 1.16 bits per heavy atom. The number of hydrogen-bond acceptors (Lipinski definition) is 3. The molecule has 1 fully saturated rings. The molecule has 132 valence electrons. The first-order chi connectivity index (χ1) is 12.0. The smallest absolute Gasteiger partial charge is 0.323 e. The van der Waals surface area contributed by atoms with Crippen molar-refractivity contribution in [1.82, 2.24) is 9.47 Å². The lowest BCUT2D eigenvalue weighted by atomic mass is 9.98. The topological polar surface area (TPSA) is 62.5 Å². The van der Waals surface area contributed by atoms with E-state index in [1.54, 1.807) is 12.3 Å². The van der Waals surface area contributed by atoms with E-state index < -0.39 is 5.97 Å². The summed E-state index contributed by atoms with van der Waals surface area (Å²) in [4.78, 5) is 25.2. The molecule has 1 aromatic carbocycles. The monoisotopic (exact) mass is 340 g/mol. The van der Waals surface area contributed by atoms with Crippen LogP contribution >= 0.6 is 0 Å². The molecule has 1 aromatic heterocycles. The fourth-order valence-electron chi connectivity index (χ4n) is 3.30. The molecule has 25 heavy (non-hydrogen) atoms. The van der Waals surface area contributed by atoms with Gasteiger partial charge in [0, 0.05) is 18.8 Å². The maximum Gasteiger partial charge on any atom is 0.323 e. The Morgan fingerprint density at radius 3 is 2.64 bits per heavy atom. The van der Waals surface area contributed by atoms with Crippen LogP contribution in [0, 0.1) is 5.92 Å². The number of aliphatic carboxylic acids is 1. The van der Waals surface area contributed by atoms with Crippen molar-refractivity contribution in [3.63, 3.8) is 0 Å². The van der Waals surface area contributed by atoms with Gasteiger partial charge in [0.25, 0.3) is 5.56 Å². The van der Waals surface area contributed by atoms with Crippen LogP contribution in [0.1, 0.15) is 25.3 Å². The van der Waals surface area contributed by atoms with E-state index >= 15 is 0 Å². The van der Waals surface area contributed by atoms with Crippen LogP contribution < -0.4 is 5.56 Å². The number of pyridine rings is 1. The lowest BCUT2D eigenvalue weighted by Crippen LogP contribution is -2.32. The van der Waals surface area contributed by atoms with Gasteiger partial charge in [-0.1, -0.05) is 25.1 Å². The van der Waals surface area contributed by atoms with Crippen LogP contribution in [0.25, 0.3) is 11.1 Å². The third kappa shape index (κ3) is 4.57. The first kappa shape index (κ1) is 17.4. The van der Waals surface area contributed by atoms with Crippen LogP contribution in [-0.4, -0.2) is 33.6 Å². The van der Waals surface area contributed by atoms with Crippen molar-refractivity contribution < 1.29 is 9.90 Å². The normalized spacial score (nSPS) is 16.0. The zero-order valence-electron chi connectivity index (χ0n) is 14.5. The average Bonchev–Trinajstić information content (AvgIpc) is 2.59. The maximum absolute atomic E-state index is 11.8. The van der Waals surface area contributed by atoms with E-state index in [-0.39, 0.29) is 12.1 Å². The highest BCUT2D eigenvalue weighted by Gasteiger charge is 2.15. The fraction of sp³-hybridized carbons (Fsp3) is 0.400. The third-order valence-corrected chi connectivity index (χ3v) is 4.83. The summed E-state index contributed by atoms with van der Waals surface area (Å²) < 4.78 is 1.23. The summed E-state index contributed by atoms with van der Waals surface area (Å²) >= 11 is 0. The maximum atomic E-state index is 11.8. The summed E-state index contributed by atoms with van der Waals surface area (Å²) in [6.45, 7) is 5.18. The molecule has 0 bridgehead atoms.